The van der Waals surface area contributed by atoms with E-state index in [1.807, 2.05) is 0 Å². The minimum atomic E-state index is -4.45. The lowest BCUT2D eigenvalue weighted by atomic mass is 10.1. The van der Waals surface area contributed by atoms with Gasteiger partial charge in [-0.3, -0.25) is 10.7 Å². The van der Waals surface area contributed by atoms with E-state index in [9.17, 15) is 13.2 Å². The van der Waals surface area contributed by atoms with Gasteiger partial charge in [-0.25, -0.2) is 0 Å². The molecule has 0 spiro atoms. The molecule has 0 saturated heterocycles. The van der Waals surface area contributed by atoms with Crippen LogP contribution >= 0.6 is 0 Å². The van der Waals surface area contributed by atoms with Crippen molar-refractivity contribution in [3.63, 3.8) is 0 Å². The molecule has 0 bridgehead atoms. The zero-order chi connectivity index (χ0) is 10.1. The molecule has 0 heterocycles. The second-order valence-electron chi connectivity index (χ2n) is 2.61. The first-order valence-corrected chi connectivity index (χ1v) is 3.53. The molecule has 1 aromatic rings. The Morgan fingerprint density at radius 2 is 1.92 bits per heavy atom. The fourth-order valence-electron chi connectivity index (χ4n) is 1.05. The monoisotopic (exact) mass is 191 g/mol. The third kappa shape index (κ3) is 1.92. The fourth-order valence-corrected chi connectivity index (χ4v) is 1.05. The van der Waals surface area contributed by atoms with Crippen molar-refractivity contribution < 1.29 is 18.4 Å². The molecule has 2 N–H and O–H groups in total. The zero-order valence-electron chi connectivity index (χ0n) is 6.81. The van der Waals surface area contributed by atoms with Gasteiger partial charge in [-0.05, 0) is 18.6 Å². The van der Waals surface area contributed by atoms with Crippen LogP contribution < -0.4 is 5.48 Å². The molecule has 0 aromatic heterocycles. The van der Waals surface area contributed by atoms with Crippen molar-refractivity contribution >= 4 is 5.69 Å². The number of hydrogen-bond acceptors (Lipinski definition) is 2. The molecule has 72 valence electrons. The summed E-state index contributed by atoms with van der Waals surface area (Å²) in [5, 5.41) is 8.51. The van der Waals surface area contributed by atoms with E-state index in [1.54, 1.807) is 5.48 Å². The summed E-state index contributed by atoms with van der Waals surface area (Å²) in [6, 6.07) is 3.68. The summed E-state index contributed by atoms with van der Waals surface area (Å²) < 4.78 is 36.8. The van der Waals surface area contributed by atoms with Gasteiger partial charge in [-0.2, -0.15) is 13.2 Å². The molecule has 13 heavy (non-hydrogen) atoms. The van der Waals surface area contributed by atoms with E-state index >= 15 is 0 Å². The lowest BCUT2D eigenvalue weighted by Crippen LogP contribution is -2.09. The van der Waals surface area contributed by atoms with Crippen LogP contribution in [-0.4, -0.2) is 5.21 Å². The average molecular weight is 191 g/mol. The van der Waals surface area contributed by atoms with Gasteiger partial charge in [0.2, 0.25) is 0 Å². The Bertz CT molecular complexity index is 309. The average Bonchev–Trinajstić information content (AvgIpc) is 2.02. The summed E-state index contributed by atoms with van der Waals surface area (Å²) in [5.41, 5.74) is 0.733. The molecule has 5 heteroatoms. The fraction of sp³-hybridized carbons (Fsp3) is 0.250. The normalized spacial score (nSPS) is 11.5. The van der Waals surface area contributed by atoms with Gasteiger partial charge in [0, 0.05) is 0 Å². The summed E-state index contributed by atoms with van der Waals surface area (Å²) in [4.78, 5) is 0. The van der Waals surface area contributed by atoms with E-state index < -0.39 is 11.7 Å². The number of aryl methyl sites for hydroxylation is 1. The van der Waals surface area contributed by atoms with E-state index in [0.717, 1.165) is 6.07 Å². The first-order valence-electron chi connectivity index (χ1n) is 3.53. The van der Waals surface area contributed by atoms with Gasteiger partial charge in [0.15, 0.2) is 0 Å². The molecule has 1 rings (SSSR count). The first-order chi connectivity index (χ1) is 5.96. The summed E-state index contributed by atoms with van der Waals surface area (Å²) in [7, 11) is 0. The Kier molecular flexibility index (Phi) is 2.47. The number of hydrogen-bond donors (Lipinski definition) is 2. The van der Waals surface area contributed by atoms with Crippen molar-refractivity contribution in [2.24, 2.45) is 0 Å². The summed E-state index contributed by atoms with van der Waals surface area (Å²) in [6.07, 6.45) is -4.45. The van der Waals surface area contributed by atoms with Crippen LogP contribution in [0.1, 0.15) is 11.1 Å². The standard InChI is InChI=1S/C8H8F3NO/c1-5-3-2-4-6(7(5)12-13)8(9,10)11/h2-4,12-13H,1H3. The molecule has 0 radical (unpaired) electrons. The maximum atomic E-state index is 12.3. The van der Waals surface area contributed by atoms with Gasteiger partial charge in [-0.1, -0.05) is 12.1 Å². The number of rotatable bonds is 1. The quantitative estimate of drug-likeness (QED) is 0.669. The van der Waals surface area contributed by atoms with E-state index in [4.69, 9.17) is 5.21 Å². The molecule has 1 aromatic carbocycles. The van der Waals surface area contributed by atoms with Gasteiger partial charge in [-0.15, -0.1) is 0 Å². The minimum Gasteiger partial charge on any atom is -0.291 e. The molecule has 0 aliphatic rings. The van der Waals surface area contributed by atoms with Crippen LogP contribution in [0.3, 0.4) is 0 Å². The van der Waals surface area contributed by atoms with Crippen LogP contribution in [0.15, 0.2) is 18.2 Å². The molecule has 0 unspecified atom stereocenters. The molecule has 0 aliphatic heterocycles. The zero-order valence-corrected chi connectivity index (χ0v) is 6.81. The van der Waals surface area contributed by atoms with Crippen molar-refractivity contribution in [2.75, 3.05) is 5.48 Å². The predicted octanol–water partition coefficient (Wildman–Crippen LogP) is 2.81. The Labute approximate surface area is 73.0 Å². The molecule has 0 saturated carbocycles. The van der Waals surface area contributed by atoms with Crippen molar-refractivity contribution in [1.29, 1.82) is 0 Å². The van der Waals surface area contributed by atoms with Crippen LogP contribution in [0.4, 0.5) is 18.9 Å². The molecular weight excluding hydrogens is 183 g/mol. The third-order valence-corrected chi connectivity index (χ3v) is 1.69. The van der Waals surface area contributed by atoms with Gasteiger partial charge < -0.3 is 0 Å². The van der Waals surface area contributed by atoms with Crippen molar-refractivity contribution in [2.45, 2.75) is 13.1 Å². The highest BCUT2D eigenvalue weighted by atomic mass is 19.4. The Balaban J connectivity index is 3.29. The second-order valence-corrected chi connectivity index (χ2v) is 2.61. The minimum absolute atomic E-state index is 0.296. The number of anilines is 1. The third-order valence-electron chi connectivity index (χ3n) is 1.69. The summed E-state index contributed by atoms with van der Waals surface area (Å²) in [5.74, 6) is 0. The number of nitrogens with one attached hydrogen (secondary N) is 1. The van der Waals surface area contributed by atoms with Gasteiger partial charge in [0.25, 0.3) is 0 Å². The number of para-hydroxylation sites is 1. The van der Waals surface area contributed by atoms with E-state index in [2.05, 4.69) is 0 Å². The SMILES string of the molecule is Cc1cccc(C(F)(F)F)c1NO. The van der Waals surface area contributed by atoms with Crippen LogP contribution in [-0.2, 0) is 6.18 Å². The Morgan fingerprint density at radius 3 is 2.31 bits per heavy atom. The lowest BCUT2D eigenvalue weighted by molar-refractivity contribution is -0.137. The molecule has 0 amide bonds. The highest BCUT2D eigenvalue weighted by molar-refractivity contribution is 5.56. The van der Waals surface area contributed by atoms with Crippen molar-refractivity contribution in [3.05, 3.63) is 29.3 Å². The highest BCUT2D eigenvalue weighted by Gasteiger charge is 2.33. The highest BCUT2D eigenvalue weighted by Crippen LogP contribution is 2.35. The summed E-state index contributed by atoms with van der Waals surface area (Å²) in [6.45, 7) is 1.48. The largest absolute Gasteiger partial charge is 0.418 e. The Hall–Kier alpha value is -1.23. The molecule has 0 aliphatic carbocycles. The van der Waals surface area contributed by atoms with Crippen LogP contribution in [0.25, 0.3) is 0 Å². The summed E-state index contributed by atoms with van der Waals surface area (Å²) >= 11 is 0. The van der Waals surface area contributed by atoms with Crippen LogP contribution in [0.5, 0.6) is 0 Å². The maximum Gasteiger partial charge on any atom is 0.418 e. The molecule has 0 fully saturated rings. The van der Waals surface area contributed by atoms with Gasteiger partial charge >= 0.3 is 6.18 Å². The second kappa shape index (κ2) is 3.26. The number of alkyl halides is 3. The number of benzene rings is 1. The van der Waals surface area contributed by atoms with Crippen LogP contribution in [0.2, 0.25) is 0 Å². The lowest BCUT2D eigenvalue weighted by Gasteiger charge is -2.13. The van der Waals surface area contributed by atoms with Gasteiger partial charge in [0.1, 0.15) is 0 Å². The molecule has 0 atom stereocenters. The van der Waals surface area contributed by atoms with Gasteiger partial charge in [0.05, 0.1) is 11.3 Å². The Morgan fingerprint density at radius 1 is 1.31 bits per heavy atom. The van der Waals surface area contributed by atoms with E-state index in [1.165, 1.54) is 19.1 Å². The predicted molar refractivity (Wildman–Crippen MR) is 41.6 cm³/mol. The first kappa shape index (κ1) is 9.85. The van der Waals surface area contributed by atoms with E-state index in [0.29, 0.717) is 5.56 Å². The smallest absolute Gasteiger partial charge is 0.291 e. The molecule has 2 nitrogen and oxygen atoms in total. The molecular formula is C8H8F3NO. The topological polar surface area (TPSA) is 32.3 Å². The number of halogens is 3. The van der Waals surface area contributed by atoms with Crippen molar-refractivity contribution in [1.82, 2.24) is 0 Å². The van der Waals surface area contributed by atoms with Crippen molar-refractivity contribution in [3.8, 4) is 0 Å². The maximum absolute atomic E-state index is 12.3. The van der Waals surface area contributed by atoms with Crippen LogP contribution in [0, 0.1) is 6.92 Å². The van der Waals surface area contributed by atoms with E-state index in [-0.39, 0.29) is 5.69 Å².